The van der Waals surface area contributed by atoms with Gasteiger partial charge in [-0.25, -0.2) is 4.79 Å². The first-order chi connectivity index (χ1) is 17.3. The molecule has 0 saturated carbocycles. The molecule has 0 spiro atoms. The number of ether oxygens (including phenoxy) is 5. The van der Waals surface area contributed by atoms with Crippen molar-refractivity contribution in [2.45, 2.75) is 134 Å². The molecular formula is C29H48O7. The Bertz CT molecular complexity index is 709. The first kappa shape index (κ1) is 29.3. The summed E-state index contributed by atoms with van der Waals surface area (Å²) < 4.78 is 29.6. The topological polar surface area (TPSA) is 83.5 Å². The molecule has 0 amide bonds. The van der Waals surface area contributed by atoms with Gasteiger partial charge in [0.25, 0.3) is 0 Å². The van der Waals surface area contributed by atoms with Crippen LogP contribution in [0.25, 0.3) is 0 Å². The molecule has 3 fully saturated rings. The summed E-state index contributed by atoms with van der Waals surface area (Å²) in [6.45, 7) is 11.2. The Hall–Kier alpha value is -1.25. The van der Waals surface area contributed by atoms with Gasteiger partial charge in [-0.2, -0.15) is 0 Å². The third-order valence-electron chi connectivity index (χ3n) is 7.62. The number of hydrogen-bond acceptors (Lipinski definition) is 6. The molecule has 7 nitrogen and oxygen atoms in total. The van der Waals surface area contributed by atoms with E-state index in [2.05, 4.69) is 19.6 Å². The van der Waals surface area contributed by atoms with Gasteiger partial charge in [0.1, 0.15) is 6.10 Å². The van der Waals surface area contributed by atoms with Gasteiger partial charge in [0, 0.05) is 25.2 Å². The molecule has 0 aliphatic carbocycles. The third kappa shape index (κ3) is 7.64. The zero-order valence-corrected chi connectivity index (χ0v) is 22.7. The van der Waals surface area contributed by atoms with Gasteiger partial charge in [-0.15, -0.1) is 6.58 Å². The van der Waals surface area contributed by atoms with Gasteiger partial charge >= 0.3 is 5.97 Å². The summed E-state index contributed by atoms with van der Waals surface area (Å²) in [6, 6.07) is 0. The van der Waals surface area contributed by atoms with E-state index in [1.165, 1.54) is 32.1 Å². The van der Waals surface area contributed by atoms with Crippen LogP contribution in [0.5, 0.6) is 0 Å². The predicted octanol–water partition coefficient (Wildman–Crippen LogP) is 6.51. The van der Waals surface area contributed by atoms with Crippen LogP contribution in [-0.2, 0) is 28.5 Å². The van der Waals surface area contributed by atoms with Gasteiger partial charge in [0.2, 0.25) is 0 Å². The van der Waals surface area contributed by atoms with Crippen LogP contribution in [0.2, 0.25) is 0 Å². The van der Waals surface area contributed by atoms with Crippen molar-refractivity contribution in [2.75, 3.05) is 13.2 Å². The maximum absolute atomic E-state index is 12.2. The smallest absolute Gasteiger partial charge is 0.337 e. The molecule has 0 aromatic carbocycles. The largest absolute Gasteiger partial charge is 0.479 e. The molecule has 3 saturated heterocycles. The molecule has 0 bridgehead atoms. The number of fused-ring (bicyclic) bond motifs is 1. The van der Waals surface area contributed by atoms with Crippen molar-refractivity contribution in [2.24, 2.45) is 5.92 Å². The van der Waals surface area contributed by atoms with E-state index in [9.17, 15) is 9.90 Å². The van der Waals surface area contributed by atoms with Gasteiger partial charge in [-0.05, 0) is 39.5 Å². The highest BCUT2D eigenvalue weighted by Crippen LogP contribution is 2.46. The van der Waals surface area contributed by atoms with E-state index in [1.807, 2.05) is 19.9 Å². The zero-order valence-electron chi connectivity index (χ0n) is 22.7. The fourth-order valence-electron chi connectivity index (χ4n) is 5.68. The van der Waals surface area contributed by atoms with E-state index in [0.29, 0.717) is 13.2 Å². The van der Waals surface area contributed by atoms with Crippen LogP contribution in [0.4, 0.5) is 0 Å². The standard InChI is InChI=1S/C29H48O7/c1-5-7-8-12-15-18-28(32-20-21-33-28)19-16-13-10-9-11-14-17-23(6-2)29(26(30)31)22-24-25(36-29)35-27(3,4)34-24/h6,14,17,23-25H,2,5,7-13,15-16,18-22H2,1,3-4H3,(H,30,31)/b17-14+/t23?,24-,25+,29+/m1/s1. The van der Waals surface area contributed by atoms with Crippen LogP contribution in [0, 0.1) is 5.92 Å². The van der Waals surface area contributed by atoms with Crippen molar-refractivity contribution in [1.29, 1.82) is 0 Å². The quantitative estimate of drug-likeness (QED) is 0.177. The lowest BCUT2D eigenvalue weighted by molar-refractivity contribution is -0.233. The summed E-state index contributed by atoms with van der Waals surface area (Å²) in [5.74, 6) is -2.57. The SMILES string of the molecule is C=CC(/C=C/CCCCCCC1(CCCCCCC)OCCO1)[C@]1(C(=O)O)C[C@H]2OC(C)(C)O[C@H]2O1. The Kier molecular flexibility index (Phi) is 11.0. The van der Waals surface area contributed by atoms with E-state index >= 15 is 0 Å². The number of rotatable bonds is 17. The normalized spacial score (nSPS) is 29.5. The van der Waals surface area contributed by atoms with Crippen LogP contribution < -0.4 is 0 Å². The summed E-state index contributed by atoms with van der Waals surface area (Å²) in [5, 5.41) is 10.0. The molecule has 1 N–H and O–H groups in total. The molecule has 3 rings (SSSR count). The third-order valence-corrected chi connectivity index (χ3v) is 7.62. The maximum Gasteiger partial charge on any atom is 0.337 e. The Balaban J connectivity index is 1.36. The molecule has 36 heavy (non-hydrogen) atoms. The predicted molar refractivity (Wildman–Crippen MR) is 138 cm³/mol. The van der Waals surface area contributed by atoms with Crippen molar-refractivity contribution in [3.8, 4) is 0 Å². The number of carboxylic acids is 1. The minimum atomic E-state index is -1.41. The highest BCUT2D eigenvalue weighted by molar-refractivity contribution is 5.79. The van der Waals surface area contributed by atoms with Crippen LogP contribution in [0.15, 0.2) is 24.8 Å². The average Bonchev–Trinajstić information content (AvgIpc) is 3.50. The summed E-state index contributed by atoms with van der Waals surface area (Å²) in [5.41, 5.74) is -1.41. The van der Waals surface area contributed by atoms with Crippen molar-refractivity contribution in [3.05, 3.63) is 24.8 Å². The summed E-state index contributed by atoms with van der Waals surface area (Å²) in [7, 11) is 0. The second-order valence-corrected chi connectivity index (χ2v) is 11.0. The number of allylic oxidation sites excluding steroid dienone is 1. The minimum absolute atomic E-state index is 0.238. The minimum Gasteiger partial charge on any atom is -0.479 e. The molecule has 0 aromatic rings. The number of carboxylic acid groups (broad SMARTS) is 1. The lowest BCUT2D eigenvalue weighted by Crippen LogP contribution is -2.46. The first-order valence-electron chi connectivity index (χ1n) is 14.1. The lowest BCUT2D eigenvalue weighted by atomic mass is 9.83. The number of hydrogen-bond donors (Lipinski definition) is 1. The summed E-state index contributed by atoms with van der Waals surface area (Å²) in [4.78, 5) is 12.2. The monoisotopic (exact) mass is 508 g/mol. The highest BCUT2D eigenvalue weighted by atomic mass is 16.8. The number of carbonyl (C=O) groups is 1. The van der Waals surface area contributed by atoms with Crippen LogP contribution in [0.1, 0.15) is 104 Å². The number of aliphatic carboxylic acids is 1. The van der Waals surface area contributed by atoms with Gasteiger partial charge in [0.15, 0.2) is 23.5 Å². The van der Waals surface area contributed by atoms with Crippen LogP contribution >= 0.6 is 0 Å². The van der Waals surface area contributed by atoms with Crippen molar-refractivity contribution in [1.82, 2.24) is 0 Å². The zero-order chi connectivity index (χ0) is 26.1. The molecule has 0 radical (unpaired) electrons. The Morgan fingerprint density at radius 3 is 2.19 bits per heavy atom. The van der Waals surface area contributed by atoms with Gasteiger partial charge in [-0.1, -0.05) is 63.7 Å². The summed E-state index contributed by atoms with van der Waals surface area (Å²) >= 11 is 0. The van der Waals surface area contributed by atoms with Crippen LogP contribution in [-0.4, -0.2) is 53.9 Å². The van der Waals surface area contributed by atoms with E-state index < -0.39 is 29.6 Å². The first-order valence-corrected chi connectivity index (χ1v) is 14.1. The Morgan fingerprint density at radius 2 is 1.61 bits per heavy atom. The Labute approximate surface area is 217 Å². The van der Waals surface area contributed by atoms with Crippen molar-refractivity contribution < 1.29 is 33.6 Å². The molecule has 1 unspecified atom stereocenters. The van der Waals surface area contributed by atoms with E-state index in [-0.39, 0.29) is 18.3 Å². The van der Waals surface area contributed by atoms with Gasteiger partial charge in [0.05, 0.1) is 13.2 Å². The second kappa shape index (κ2) is 13.5. The Morgan fingerprint density at radius 1 is 0.972 bits per heavy atom. The van der Waals surface area contributed by atoms with Crippen molar-refractivity contribution >= 4 is 5.97 Å². The molecule has 206 valence electrons. The van der Waals surface area contributed by atoms with Gasteiger partial charge in [-0.3, -0.25) is 0 Å². The average molecular weight is 509 g/mol. The fourth-order valence-corrected chi connectivity index (χ4v) is 5.68. The second-order valence-electron chi connectivity index (χ2n) is 11.0. The number of unbranched alkanes of at least 4 members (excludes halogenated alkanes) is 8. The highest BCUT2D eigenvalue weighted by Gasteiger charge is 2.60. The molecule has 3 aliphatic rings. The van der Waals surface area contributed by atoms with Crippen molar-refractivity contribution in [3.63, 3.8) is 0 Å². The molecular weight excluding hydrogens is 460 g/mol. The molecule has 3 heterocycles. The van der Waals surface area contributed by atoms with Crippen LogP contribution in [0.3, 0.4) is 0 Å². The summed E-state index contributed by atoms with van der Waals surface area (Å²) in [6.07, 6.45) is 18.4. The maximum atomic E-state index is 12.2. The van der Waals surface area contributed by atoms with E-state index in [1.54, 1.807) is 6.08 Å². The van der Waals surface area contributed by atoms with E-state index in [0.717, 1.165) is 44.9 Å². The molecule has 4 atom stereocenters. The fraction of sp³-hybridized carbons (Fsp3) is 0.828. The molecule has 0 aromatic heterocycles. The molecule has 3 aliphatic heterocycles. The lowest BCUT2D eigenvalue weighted by Gasteiger charge is -2.31. The molecule has 7 heteroatoms. The van der Waals surface area contributed by atoms with E-state index in [4.69, 9.17) is 23.7 Å². The van der Waals surface area contributed by atoms with Gasteiger partial charge < -0.3 is 28.8 Å².